The molecule has 0 radical (unpaired) electrons. The highest BCUT2D eigenvalue weighted by Gasteiger charge is 2.42. The van der Waals surface area contributed by atoms with Gasteiger partial charge in [0.1, 0.15) is 0 Å². The first-order valence-electron chi connectivity index (χ1n) is 8.56. The van der Waals surface area contributed by atoms with Gasteiger partial charge >= 0.3 is 0 Å². The highest BCUT2D eigenvalue weighted by molar-refractivity contribution is 7.11. The van der Waals surface area contributed by atoms with Crippen molar-refractivity contribution >= 4 is 17.2 Å². The molecule has 0 saturated carbocycles. The molecule has 1 aromatic heterocycles. The van der Waals surface area contributed by atoms with E-state index < -0.39 is 0 Å². The van der Waals surface area contributed by atoms with Gasteiger partial charge in [0.05, 0.1) is 5.69 Å². The molecule has 0 unspecified atom stereocenters. The fourth-order valence-electron chi connectivity index (χ4n) is 3.71. The van der Waals surface area contributed by atoms with Gasteiger partial charge in [0.15, 0.2) is 5.01 Å². The molecular formula is C17H28N4OS. The Kier molecular flexibility index (Phi) is 4.76. The zero-order valence-electron chi connectivity index (χ0n) is 14.7. The maximum absolute atomic E-state index is 12.7. The van der Waals surface area contributed by atoms with E-state index in [-0.39, 0.29) is 11.4 Å². The molecule has 0 atom stereocenters. The van der Waals surface area contributed by atoms with Gasteiger partial charge in [0.2, 0.25) is 0 Å². The van der Waals surface area contributed by atoms with Crippen LogP contribution in [0.3, 0.4) is 0 Å². The standard InChI is InChI=1S/C17H28N4OS/c1-13(2)14-11-23-15(18-14)16(22)21-7-5-17(6-8-21)12-19(3)9-10-20(17)4/h11,13H,5-10,12H2,1-4H3. The zero-order valence-corrected chi connectivity index (χ0v) is 15.5. The lowest BCUT2D eigenvalue weighted by atomic mass is 9.84. The number of piperazine rings is 1. The number of hydrogen-bond donors (Lipinski definition) is 0. The van der Waals surface area contributed by atoms with Gasteiger partial charge in [-0.3, -0.25) is 9.69 Å². The highest BCUT2D eigenvalue weighted by Crippen LogP contribution is 2.32. The third kappa shape index (κ3) is 3.30. The lowest BCUT2D eigenvalue weighted by molar-refractivity contribution is -0.0157. The molecule has 0 aromatic carbocycles. The van der Waals surface area contributed by atoms with Crippen molar-refractivity contribution in [2.75, 3.05) is 46.8 Å². The number of carbonyl (C=O) groups excluding carboxylic acids is 1. The predicted molar refractivity (Wildman–Crippen MR) is 94.2 cm³/mol. The molecule has 128 valence electrons. The molecule has 3 heterocycles. The quantitative estimate of drug-likeness (QED) is 0.829. The molecule has 1 spiro atoms. The zero-order chi connectivity index (χ0) is 16.6. The first-order chi connectivity index (χ1) is 10.9. The van der Waals surface area contributed by atoms with Gasteiger partial charge in [0.25, 0.3) is 5.91 Å². The number of amides is 1. The average Bonchev–Trinajstić information content (AvgIpc) is 3.02. The van der Waals surface area contributed by atoms with E-state index in [9.17, 15) is 4.79 Å². The number of likely N-dealkylation sites (tertiary alicyclic amines) is 1. The summed E-state index contributed by atoms with van der Waals surface area (Å²) in [5.74, 6) is 0.493. The van der Waals surface area contributed by atoms with E-state index in [0.717, 1.165) is 51.3 Å². The van der Waals surface area contributed by atoms with Gasteiger partial charge in [-0.05, 0) is 32.9 Å². The Labute approximate surface area is 143 Å². The molecule has 0 aliphatic carbocycles. The largest absolute Gasteiger partial charge is 0.336 e. The van der Waals surface area contributed by atoms with Gasteiger partial charge in [-0.25, -0.2) is 4.98 Å². The lowest BCUT2D eigenvalue weighted by Gasteiger charge is -2.52. The van der Waals surface area contributed by atoms with Crippen LogP contribution < -0.4 is 0 Å². The van der Waals surface area contributed by atoms with Crippen LogP contribution in [0.15, 0.2) is 5.38 Å². The molecule has 5 nitrogen and oxygen atoms in total. The summed E-state index contributed by atoms with van der Waals surface area (Å²) in [4.78, 5) is 24.2. The van der Waals surface area contributed by atoms with Crippen molar-refractivity contribution in [1.29, 1.82) is 0 Å². The lowest BCUT2D eigenvalue weighted by Crippen LogP contribution is -2.64. The van der Waals surface area contributed by atoms with Crippen LogP contribution in [0.2, 0.25) is 0 Å². The Balaban J connectivity index is 1.65. The second kappa shape index (κ2) is 6.49. The minimum absolute atomic E-state index is 0.114. The summed E-state index contributed by atoms with van der Waals surface area (Å²) in [6.07, 6.45) is 2.12. The molecule has 1 amide bonds. The molecule has 6 heteroatoms. The van der Waals surface area contributed by atoms with E-state index in [2.05, 4.69) is 42.7 Å². The molecule has 3 rings (SSSR count). The Morgan fingerprint density at radius 3 is 2.52 bits per heavy atom. The first-order valence-corrected chi connectivity index (χ1v) is 9.44. The van der Waals surface area contributed by atoms with E-state index in [1.807, 2.05) is 10.3 Å². The Morgan fingerprint density at radius 1 is 1.22 bits per heavy atom. The summed E-state index contributed by atoms with van der Waals surface area (Å²) < 4.78 is 0. The average molecular weight is 337 g/mol. The summed E-state index contributed by atoms with van der Waals surface area (Å²) in [5.41, 5.74) is 1.27. The van der Waals surface area contributed by atoms with Crippen LogP contribution >= 0.6 is 11.3 Å². The number of rotatable bonds is 2. The van der Waals surface area contributed by atoms with Crippen LogP contribution in [-0.2, 0) is 0 Å². The van der Waals surface area contributed by atoms with Crippen molar-refractivity contribution in [2.45, 2.75) is 38.1 Å². The molecule has 23 heavy (non-hydrogen) atoms. The number of likely N-dealkylation sites (N-methyl/N-ethyl adjacent to an activating group) is 2. The summed E-state index contributed by atoms with van der Waals surface area (Å²) in [6, 6.07) is 0. The predicted octanol–water partition coefficient (Wildman–Crippen LogP) is 2.12. The van der Waals surface area contributed by atoms with E-state index in [4.69, 9.17) is 0 Å². The third-order valence-electron chi connectivity index (χ3n) is 5.47. The van der Waals surface area contributed by atoms with Gasteiger partial charge in [-0.2, -0.15) is 0 Å². The summed E-state index contributed by atoms with van der Waals surface area (Å²) >= 11 is 1.49. The third-order valence-corrected chi connectivity index (χ3v) is 6.32. The summed E-state index contributed by atoms with van der Waals surface area (Å²) in [7, 11) is 4.44. The Bertz CT molecular complexity index is 563. The SMILES string of the molecule is CC(C)c1csc(C(=O)N2CCC3(CC2)CN(C)CCN3C)n1. The molecule has 2 saturated heterocycles. The molecule has 2 aliphatic rings. The summed E-state index contributed by atoms with van der Waals surface area (Å²) in [6.45, 7) is 9.28. The smallest absolute Gasteiger partial charge is 0.282 e. The molecule has 0 bridgehead atoms. The monoisotopic (exact) mass is 336 g/mol. The van der Waals surface area contributed by atoms with E-state index >= 15 is 0 Å². The number of thiazole rings is 1. The number of hydrogen-bond acceptors (Lipinski definition) is 5. The molecule has 2 fully saturated rings. The van der Waals surface area contributed by atoms with E-state index in [0.29, 0.717) is 10.9 Å². The van der Waals surface area contributed by atoms with Crippen molar-refractivity contribution in [2.24, 2.45) is 0 Å². The second-order valence-electron chi connectivity index (χ2n) is 7.41. The topological polar surface area (TPSA) is 39.7 Å². The van der Waals surface area contributed by atoms with Crippen LogP contribution in [0.25, 0.3) is 0 Å². The molecule has 1 aromatic rings. The number of aromatic nitrogens is 1. The van der Waals surface area contributed by atoms with Crippen molar-refractivity contribution in [3.05, 3.63) is 16.1 Å². The molecule has 2 aliphatic heterocycles. The van der Waals surface area contributed by atoms with Crippen molar-refractivity contribution in [3.8, 4) is 0 Å². The Hall–Kier alpha value is -0.980. The summed E-state index contributed by atoms with van der Waals surface area (Å²) in [5, 5.41) is 2.67. The minimum Gasteiger partial charge on any atom is -0.336 e. The molecule has 0 N–H and O–H groups in total. The van der Waals surface area contributed by atoms with Crippen LogP contribution in [0.1, 0.15) is 48.1 Å². The van der Waals surface area contributed by atoms with Crippen molar-refractivity contribution in [1.82, 2.24) is 19.7 Å². The van der Waals surface area contributed by atoms with Crippen molar-refractivity contribution < 1.29 is 4.79 Å². The number of nitrogens with zero attached hydrogens (tertiary/aromatic N) is 4. The van der Waals surface area contributed by atoms with Crippen molar-refractivity contribution in [3.63, 3.8) is 0 Å². The van der Waals surface area contributed by atoms with Gasteiger partial charge in [-0.15, -0.1) is 11.3 Å². The highest BCUT2D eigenvalue weighted by atomic mass is 32.1. The van der Waals surface area contributed by atoms with Gasteiger partial charge in [0, 0.05) is 43.6 Å². The van der Waals surface area contributed by atoms with Crippen LogP contribution in [-0.4, -0.2) is 77.9 Å². The maximum atomic E-state index is 12.7. The second-order valence-corrected chi connectivity index (χ2v) is 8.27. The van der Waals surface area contributed by atoms with Crippen LogP contribution in [0.4, 0.5) is 0 Å². The number of piperidine rings is 1. The minimum atomic E-state index is 0.114. The maximum Gasteiger partial charge on any atom is 0.282 e. The fourth-order valence-corrected chi connectivity index (χ4v) is 4.66. The van der Waals surface area contributed by atoms with Gasteiger partial charge < -0.3 is 9.80 Å². The number of carbonyl (C=O) groups is 1. The normalized spacial score (nSPS) is 22.9. The van der Waals surface area contributed by atoms with E-state index in [1.54, 1.807) is 0 Å². The fraction of sp³-hybridized carbons (Fsp3) is 0.765. The van der Waals surface area contributed by atoms with Crippen LogP contribution in [0.5, 0.6) is 0 Å². The van der Waals surface area contributed by atoms with Crippen LogP contribution in [0, 0.1) is 0 Å². The van der Waals surface area contributed by atoms with E-state index in [1.165, 1.54) is 11.3 Å². The Morgan fingerprint density at radius 2 is 1.91 bits per heavy atom. The first kappa shape index (κ1) is 16.9. The molecular weight excluding hydrogens is 308 g/mol. The van der Waals surface area contributed by atoms with Gasteiger partial charge in [-0.1, -0.05) is 13.8 Å².